The van der Waals surface area contributed by atoms with Crippen LogP contribution in [0.3, 0.4) is 0 Å². The van der Waals surface area contributed by atoms with Gasteiger partial charge in [-0.1, -0.05) is 22.0 Å². The molecule has 0 spiro atoms. The molecule has 0 saturated heterocycles. The van der Waals surface area contributed by atoms with E-state index in [2.05, 4.69) is 15.9 Å². The lowest BCUT2D eigenvalue weighted by atomic mass is 10.1. The molecule has 0 aliphatic rings. The van der Waals surface area contributed by atoms with E-state index in [4.69, 9.17) is 4.74 Å². The Bertz CT molecular complexity index is 654. The van der Waals surface area contributed by atoms with Gasteiger partial charge in [-0.2, -0.15) is 0 Å². The minimum atomic E-state index is -0.995. The van der Waals surface area contributed by atoms with E-state index >= 15 is 0 Å². The fourth-order valence-electron chi connectivity index (χ4n) is 1.98. The molecule has 104 valence electrons. The Balaban J connectivity index is 2.44. The topological polar surface area (TPSA) is 46.5 Å². The molecule has 4 heteroatoms. The quantitative estimate of drug-likeness (QED) is 0.871. The van der Waals surface area contributed by atoms with Gasteiger partial charge in [0.15, 0.2) is 0 Å². The van der Waals surface area contributed by atoms with Gasteiger partial charge in [0.25, 0.3) is 0 Å². The highest BCUT2D eigenvalue weighted by Crippen LogP contribution is 2.31. The summed E-state index contributed by atoms with van der Waals surface area (Å²) in [5.74, 6) is 0.000443. The van der Waals surface area contributed by atoms with Crippen molar-refractivity contribution in [2.45, 2.75) is 20.8 Å². The van der Waals surface area contributed by atoms with Gasteiger partial charge in [0, 0.05) is 4.47 Å². The number of aryl methyl sites for hydroxylation is 3. The van der Waals surface area contributed by atoms with Gasteiger partial charge in [-0.25, -0.2) is 4.79 Å². The van der Waals surface area contributed by atoms with Crippen molar-refractivity contribution in [3.05, 3.63) is 57.1 Å². The molecule has 2 aromatic rings. The van der Waals surface area contributed by atoms with Gasteiger partial charge in [0.05, 0.1) is 0 Å². The first kappa shape index (κ1) is 14.6. The average Bonchev–Trinajstić information content (AvgIpc) is 2.35. The maximum absolute atomic E-state index is 11.2. The molecule has 0 bridgehead atoms. The molecule has 0 amide bonds. The number of carboxylic acids is 1. The normalized spacial score (nSPS) is 10.4. The van der Waals surface area contributed by atoms with E-state index in [9.17, 15) is 9.90 Å². The second kappa shape index (κ2) is 5.67. The van der Waals surface area contributed by atoms with Gasteiger partial charge in [-0.3, -0.25) is 0 Å². The number of hydrogen-bond acceptors (Lipinski definition) is 2. The fourth-order valence-corrected chi connectivity index (χ4v) is 2.21. The number of ether oxygens (including phenoxy) is 1. The first-order valence-corrected chi connectivity index (χ1v) is 6.96. The SMILES string of the molecule is Cc1ccc(C(=O)O)c(Oc2cc(C)c(Br)c(C)c2)c1. The summed E-state index contributed by atoms with van der Waals surface area (Å²) in [5.41, 5.74) is 3.21. The number of benzene rings is 2. The van der Waals surface area contributed by atoms with Crippen molar-refractivity contribution in [2.75, 3.05) is 0 Å². The van der Waals surface area contributed by atoms with Crippen molar-refractivity contribution in [3.8, 4) is 11.5 Å². The van der Waals surface area contributed by atoms with Crippen molar-refractivity contribution >= 4 is 21.9 Å². The highest BCUT2D eigenvalue weighted by molar-refractivity contribution is 9.10. The van der Waals surface area contributed by atoms with Crippen molar-refractivity contribution in [3.63, 3.8) is 0 Å². The van der Waals surface area contributed by atoms with Crippen LogP contribution in [0.2, 0.25) is 0 Å². The molecule has 0 aliphatic carbocycles. The summed E-state index contributed by atoms with van der Waals surface area (Å²) in [5, 5.41) is 9.20. The molecular weight excluding hydrogens is 320 g/mol. The minimum Gasteiger partial charge on any atom is -0.478 e. The molecule has 0 aliphatic heterocycles. The number of aromatic carboxylic acids is 1. The number of rotatable bonds is 3. The van der Waals surface area contributed by atoms with Crippen LogP contribution in [0.5, 0.6) is 11.5 Å². The monoisotopic (exact) mass is 334 g/mol. The molecule has 2 rings (SSSR count). The molecule has 2 aromatic carbocycles. The standard InChI is InChI=1S/C16H15BrO3/c1-9-4-5-13(16(18)19)14(6-9)20-12-7-10(2)15(17)11(3)8-12/h4-8H,1-3H3,(H,18,19). The van der Waals surface area contributed by atoms with E-state index in [1.165, 1.54) is 0 Å². The summed E-state index contributed by atoms with van der Waals surface area (Å²) in [6.45, 7) is 5.84. The van der Waals surface area contributed by atoms with Crippen LogP contribution in [-0.4, -0.2) is 11.1 Å². The van der Waals surface area contributed by atoms with E-state index in [1.807, 2.05) is 32.9 Å². The van der Waals surface area contributed by atoms with E-state index in [0.29, 0.717) is 11.5 Å². The van der Waals surface area contributed by atoms with Crippen molar-refractivity contribution < 1.29 is 14.6 Å². The maximum atomic E-state index is 11.2. The lowest BCUT2D eigenvalue weighted by Gasteiger charge is -2.12. The number of halogens is 1. The summed E-state index contributed by atoms with van der Waals surface area (Å²) in [6.07, 6.45) is 0. The van der Waals surface area contributed by atoms with E-state index < -0.39 is 5.97 Å². The van der Waals surface area contributed by atoms with Gasteiger partial charge < -0.3 is 9.84 Å². The van der Waals surface area contributed by atoms with E-state index in [1.54, 1.807) is 18.2 Å². The molecule has 20 heavy (non-hydrogen) atoms. The molecule has 0 fully saturated rings. The van der Waals surface area contributed by atoms with E-state index in [0.717, 1.165) is 21.2 Å². The largest absolute Gasteiger partial charge is 0.478 e. The summed E-state index contributed by atoms with van der Waals surface area (Å²) in [6, 6.07) is 8.81. The molecule has 0 unspecified atom stereocenters. The Morgan fingerprint density at radius 2 is 1.70 bits per heavy atom. The van der Waals surface area contributed by atoms with Gasteiger partial charge in [-0.15, -0.1) is 0 Å². The van der Waals surface area contributed by atoms with Gasteiger partial charge in [0.1, 0.15) is 17.1 Å². The third-order valence-electron chi connectivity index (χ3n) is 3.01. The Hall–Kier alpha value is -1.81. The molecule has 0 saturated carbocycles. The Morgan fingerprint density at radius 1 is 1.10 bits per heavy atom. The third kappa shape index (κ3) is 3.02. The molecule has 1 N–H and O–H groups in total. The van der Waals surface area contributed by atoms with Crippen molar-refractivity contribution in [2.24, 2.45) is 0 Å². The highest BCUT2D eigenvalue weighted by Gasteiger charge is 2.13. The predicted molar refractivity (Wildman–Crippen MR) is 81.8 cm³/mol. The van der Waals surface area contributed by atoms with Gasteiger partial charge >= 0.3 is 5.97 Å². The van der Waals surface area contributed by atoms with Crippen LogP contribution in [0, 0.1) is 20.8 Å². The summed E-state index contributed by atoms with van der Waals surface area (Å²) < 4.78 is 6.80. The zero-order valence-corrected chi connectivity index (χ0v) is 13.1. The number of hydrogen-bond donors (Lipinski definition) is 1. The smallest absolute Gasteiger partial charge is 0.339 e. The van der Waals surface area contributed by atoms with Crippen LogP contribution in [0.15, 0.2) is 34.8 Å². The van der Waals surface area contributed by atoms with Crippen LogP contribution >= 0.6 is 15.9 Å². The van der Waals surface area contributed by atoms with Crippen LogP contribution in [-0.2, 0) is 0 Å². The number of carbonyl (C=O) groups is 1. The summed E-state index contributed by atoms with van der Waals surface area (Å²) in [4.78, 5) is 11.2. The first-order chi connectivity index (χ1) is 9.38. The van der Waals surface area contributed by atoms with Gasteiger partial charge in [-0.05, 0) is 61.7 Å². The predicted octanol–water partition coefficient (Wildman–Crippen LogP) is 4.86. The second-order valence-electron chi connectivity index (χ2n) is 4.78. The van der Waals surface area contributed by atoms with Crippen LogP contribution in [0.25, 0.3) is 0 Å². The average molecular weight is 335 g/mol. The Morgan fingerprint density at radius 3 is 2.25 bits per heavy atom. The van der Waals surface area contributed by atoms with Crippen LogP contribution in [0.4, 0.5) is 0 Å². The molecule has 0 aromatic heterocycles. The zero-order valence-electron chi connectivity index (χ0n) is 11.5. The molecule has 0 radical (unpaired) electrons. The lowest BCUT2D eigenvalue weighted by Crippen LogP contribution is -2.00. The Kier molecular flexibility index (Phi) is 4.14. The zero-order chi connectivity index (χ0) is 14.9. The van der Waals surface area contributed by atoms with Crippen molar-refractivity contribution in [1.29, 1.82) is 0 Å². The minimum absolute atomic E-state index is 0.161. The maximum Gasteiger partial charge on any atom is 0.339 e. The highest BCUT2D eigenvalue weighted by atomic mass is 79.9. The molecule has 3 nitrogen and oxygen atoms in total. The number of carboxylic acid groups (broad SMARTS) is 1. The third-order valence-corrected chi connectivity index (χ3v) is 4.26. The molecule has 0 heterocycles. The van der Waals surface area contributed by atoms with Gasteiger partial charge in [0.2, 0.25) is 0 Å². The molecular formula is C16H15BrO3. The van der Waals surface area contributed by atoms with E-state index in [-0.39, 0.29) is 5.56 Å². The molecule has 0 atom stereocenters. The van der Waals surface area contributed by atoms with Crippen LogP contribution < -0.4 is 4.74 Å². The Labute approximate surface area is 126 Å². The second-order valence-corrected chi connectivity index (χ2v) is 5.57. The summed E-state index contributed by atoms with van der Waals surface area (Å²) in [7, 11) is 0. The summed E-state index contributed by atoms with van der Waals surface area (Å²) >= 11 is 3.50. The van der Waals surface area contributed by atoms with Crippen molar-refractivity contribution in [1.82, 2.24) is 0 Å². The first-order valence-electron chi connectivity index (χ1n) is 6.17. The lowest BCUT2D eigenvalue weighted by molar-refractivity contribution is 0.0694. The van der Waals surface area contributed by atoms with Crippen LogP contribution in [0.1, 0.15) is 27.0 Å². The fraction of sp³-hybridized carbons (Fsp3) is 0.188.